The van der Waals surface area contributed by atoms with Crippen LogP contribution in [0.1, 0.15) is 44.7 Å². The second-order valence-corrected chi connectivity index (χ2v) is 7.72. The molecule has 3 rings (SSSR count). The van der Waals surface area contributed by atoms with E-state index in [0.29, 0.717) is 6.10 Å². The quantitative estimate of drug-likeness (QED) is 0.832. The summed E-state index contributed by atoms with van der Waals surface area (Å²) in [7, 11) is 0. The normalized spacial score (nSPS) is 17.0. The molecule has 0 unspecified atom stereocenters. The Kier molecular flexibility index (Phi) is 5.20. The van der Waals surface area contributed by atoms with Gasteiger partial charge in [-0.05, 0) is 53.6 Å². The Bertz CT molecular complexity index is 623. The van der Waals surface area contributed by atoms with Crippen LogP contribution in [0.25, 0.3) is 0 Å². The standard InChI is InChI=1S/C21H28N2O/c1-21(2,3)18-4-6-19(7-5-18)24-20-10-14-23(15-11-20)16-17-8-12-22-13-9-17/h4-9,12-13,20H,10-11,14-16H2,1-3H3. The molecule has 0 amide bonds. The number of hydrogen-bond donors (Lipinski definition) is 0. The van der Waals surface area contributed by atoms with E-state index >= 15 is 0 Å². The molecule has 0 atom stereocenters. The SMILES string of the molecule is CC(C)(C)c1ccc(OC2CCN(Cc3ccncc3)CC2)cc1. The molecule has 0 radical (unpaired) electrons. The zero-order chi connectivity index (χ0) is 17.0. The predicted octanol–water partition coefficient (Wildman–Crippen LogP) is 4.42. The van der Waals surface area contributed by atoms with E-state index in [1.807, 2.05) is 12.4 Å². The van der Waals surface area contributed by atoms with Crippen molar-refractivity contribution < 1.29 is 4.74 Å². The topological polar surface area (TPSA) is 25.4 Å². The average molecular weight is 324 g/mol. The number of piperidine rings is 1. The van der Waals surface area contributed by atoms with Crippen molar-refractivity contribution in [2.24, 2.45) is 0 Å². The first kappa shape index (κ1) is 17.0. The summed E-state index contributed by atoms with van der Waals surface area (Å²) in [6.07, 6.45) is 6.25. The van der Waals surface area contributed by atoms with E-state index in [0.717, 1.165) is 38.2 Å². The fourth-order valence-electron chi connectivity index (χ4n) is 3.16. The first-order chi connectivity index (χ1) is 11.5. The van der Waals surface area contributed by atoms with E-state index in [9.17, 15) is 0 Å². The molecule has 0 N–H and O–H groups in total. The Balaban J connectivity index is 1.48. The highest BCUT2D eigenvalue weighted by Gasteiger charge is 2.21. The second kappa shape index (κ2) is 7.35. The van der Waals surface area contributed by atoms with Crippen LogP contribution in [0.15, 0.2) is 48.8 Å². The molecule has 1 aromatic heterocycles. The number of rotatable bonds is 4. The predicted molar refractivity (Wildman–Crippen MR) is 98.3 cm³/mol. The summed E-state index contributed by atoms with van der Waals surface area (Å²) in [5.41, 5.74) is 2.88. The van der Waals surface area contributed by atoms with Crippen LogP contribution in [-0.2, 0) is 12.0 Å². The smallest absolute Gasteiger partial charge is 0.119 e. The van der Waals surface area contributed by atoms with Crippen LogP contribution < -0.4 is 4.74 Å². The molecule has 0 bridgehead atoms. The summed E-state index contributed by atoms with van der Waals surface area (Å²) < 4.78 is 6.18. The number of aromatic nitrogens is 1. The highest BCUT2D eigenvalue weighted by molar-refractivity contribution is 5.31. The van der Waals surface area contributed by atoms with Crippen molar-refractivity contribution in [1.29, 1.82) is 0 Å². The molecule has 1 aromatic carbocycles. The van der Waals surface area contributed by atoms with Crippen molar-refractivity contribution in [2.75, 3.05) is 13.1 Å². The van der Waals surface area contributed by atoms with Gasteiger partial charge in [0.25, 0.3) is 0 Å². The lowest BCUT2D eigenvalue weighted by Crippen LogP contribution is -2.37. The Hall–Kier alpha value is -1.87. The molecule has 1 fully saturated rings. The summed E-state index contributed by atoms with van der Waals surface area (Å²) in [5.74, 6) is 0.996. The van der Waals surface area contributed by atoms with E-state index in [1.54, 1.807) is 0 Å². The zero-order valence-electron chi connectivity index (χ0n) is 15.0. The third kappa shape index (κ3) is 4.57. The van der Waals surface area contributed by atoms with E-state index < -0.39 is 0 Å². The fourth-order valence-corrected chi connectivity index (χ4v) is 3.16. The molecule has 1 aliphatic rings. The number of hydrogen-bond acceptors (Lipinski definition) is 3. The Morgan fingerprint density at radius 1 is 1.00 bits per heavy atom. The highest BCUT2D eigenvalue weighted by atomic mass is 16.5. The first-order valence-corrected chi connectivity index (χ1v) is 8.89. The van der Waals surface area contributed by atoms with Gasteiger partial charge in [0.1, 0.15) is 11.9 Å². The third-order valence-electron chi connectivity index (χ3n) is 4.71. The molecule has 3 nitrogen and oxygen atoms in total. The van der Waals surface area contributed by atoms with Gasteiger partial charge in [-0.15, -0.1) is 0 Å². The number of pyridine rings is 1. The molecule has 24 heavy (non-hydrogen) atoms. The van der Waals surface area contributed by atoms with Crippen LogP contribution in [0, 0.1) is 0 Å². The average Bonchev–Trinajstić information content (AvgIpc) is 2.57. The van der Waals surface area contributed by atoms with Gasteiger partial charge in [0.05, 0.1) is 0 Å². The van der Waals surface area contributed by atoms with Gasteiger partial charge in [-0.2, -0.15) is 0 Å². The van der Waals surface area contributed by atoms with Crippen molar-refractivity contribution >= 4 is 0 Å². The summed E-state index contributed by atoms with van der Waals surface area (Å²) in [5, 5.41) is 0. The lowest BCUT2D eigenvalue weighted by molar-refractivity contribution is 0.0967. The Morgan fingerprint density at radius 3 is 2.21 bits per heavy atom. The Morgan fingerprint density at radius 2 is 1.62 bits per heavy atom. The van der Waals surface area contributed by atoms with Gasteiger partial charge in [-0.25, -0.2) is 0 Å². The number of benzene rings is 1. The van der Waals surface area contributed by atoms with E-state index in [4.69, 9.17) is 4.74 Å². The van der Waals surface area contributed by atoms with Crippen LogP contribution in [0.4, 0.5) is 0 Å². The van der Waals surface area contributed by atoms with Gasteiger partial charge in [0, 0.05) is 32.0 Å². The summed E-state index contributed by atoms with van der Waals surface area (Å²) in [4.78, 5) is 6.58. The van der Waals surface area contributed by atoms with Gasteiger partial charge in [0.15, 0.2) is 0 Å². The van der Waals surface area contributed by atoms with Gasteiger partial charge < -0.3 is 4.74 Å². The van der Waals surface area contributed by atoms with Crippen LogP contribution in [0.3, 0.4) is 0 Å². The molecule has 2 aromatic rings. The highest BCUT2D eigenvalue weighted by Crippen LogP contribution is 2.26. The minimum absolute atomic E-state index is 0.191. The summed E-state index contributed by atoms with van der Waals surface area (Å²) in [6, 6.07) is 12.8. The minimum Gasteiger partial charge on any atom is -0.490 e. The van der Waals surface area contributed by atoms with Crippen LogP contribution in [0.2, 0.25) is 0 Å². The van der Waals surface area contributed by atoms with Gasteiger partial charge >= 0.3 is 0 Å². The molecule has 1 saturated heterocycles. The lowest BCUT2D eigenvalue weighted by atomic mass is 9.87. The maximum Gasteiger partial charge on any atom is 0.119 e. The molecule has 0 spiro atoms. The van der Waals surface area contributed by atoms with Crippen molar-refractivity contribution in [2.45, 2.75) is 51.7 Å². The van der Waals surface area contributed by atoms with Crippen molar-refractivity contribution in [3.05, 3.63) is 59.9 Å². The minimum atomic E-state index is 0.191. The molecule has 0 aliphatic carbocycles. The second-order valence-electron chi connectivity index (χ2n) is 7.72. The molecular formula is C21H28N2O. The van der Waals surface area contributed by atoms with Crippen molar-refractivity contribution in [3.8, 4) is 5.75 Å². The summed E-state index contributed by atoms with van der Waals surface area (Å²) in [6.45, 7) is 9.90. The third-order valence-corrected chi connectivity index (χ3v) is 4.71. The monoisotopic (exact) mass is 324 g/mol. The van der Waals surface area contributed by atoms with E-state index in [2.05, 4.69) is 67.1 Å². The van der Waals surface area contributed by atoms with Crippen molar-refractivity contribution in [1.82, 2.24) is 9.88 Å². The maximum absolute atomic E-state index is 6.18. The van der Waals surface area contributed by atoms with Crippen LogP contribution in [0.5, 0.6) is 5.75 Å². The first-order valence-electron chi connectivity index (χ1n) is 8.89. The fraction of sp³-hybridized carbons (Fsp3) is 0.476. The largest absolute Gasteiger partial charge is 0.490 e. The number of ether oxygens (including phenoxy) is 1. The van der Waals surface area contributed by atoms with E-state index in [1.165, 1.54) is 11.1 Å². The lowest BCUT2D eigenvalue weighted by Gasteiger charge is -2.32. The zero-order valence-corrected chi connectivity index (χ0v) is 15.0. The van der Waals surface area contributed by atoms with Gasteiger partial charge in [0.2, 0.25) is 0 Å². The van der Waals surface area contributed by atoms with E-state index in [-0.39, 0.29) is 5.41 Å². The molecule has 3 heteroatoms. The number of nitrogens with zero attached hydrogens (tertiary/aromatic N) is 2. The Labute approximate surface area is 145 Å². The molecule has 0 saturated carbocycles. The van der Waals surface area contributed by atoms with Gasteiger partial charge in [-0.3, -0.25) is 9.88 Å². The van der Waals surface area contributed by atoms with Crippen LogP contribution >= 0.6 is 0 Å². The molecule has 1 aliphatic heterocycles. The van der Waals surface area contributed by atoms with Crippen LogP contribution in [-0.4, -0.2) is 29.1 Å². The van der Waals surface area contributed by atoms with Gasteiger partial charge in [-0.1, -0.05) is 32.9 Å². The molecule has 128 valence electrons. The van der Waals surface area contributed by atoms with Crippen molar-refractivity contribution in [3.63, 3.8) is 0 Å². The number of likely N-dealkylation sites (tertiary alicyclic amines) is 1. The molecule has 2 heterocycles. The maximum atomic E-state index is 6.18. The molecular weight excluding hydrogens is 296 g/mol. The summed E-state index contributed by atoms with van der Waals surface area (Å²) >= 11 is 0.